The highest BCUT2D eigenvalue weighted by Gasteiger charge is 2.22. The van der Waals surface area contributed by atoms with Crippen molar-refractivity contribution in [2.45, 2.75) is 13.3 Å². The molecule has 1 saturated heterocycles. The van der Waals surface area contributed by atoms with E-state index in [0.29, 0.717) is 35.5 Å². The molecule has 162 valence electrons. The van der Waals surface area contributed by atoms with Crippen molar-refractivity contribution >= 4 is 17.7 Å². The fourth-order valence-corrected chi connectivity index (χ4v) is 3.35. The number of hydrogen-bond donors (Lipinski definition) is 0. The van der Waals surface area contributed by atoms with E-state index in [0.717, 1.165) is 37.5 Å². The maximum Gasteiger partial charge on any atom is 0.415 e. The van der Waals surface area contributed by atoms with Crippen LogP contribution < -0.4 is 9.47 Å². The van der Waals surface area contributed by atoms with Crippen LogP contribution in [-0.2, 0) is 6.42 Å². The normalized spacial score (nSPS) is 14.5. The summed E-state index contributed by atoms with van der Waals surface area (Å²) >= 11 is 5.82. The molecule has 3 heterocycles. The molecule has 0 unspecified atom stereocenters. The topological polar surface area (TPSA) is 80.9 Å². The van der Waals surface area contributed by atoms with Crippen molar-refractivity contribution in [2.24, 2.45) is 0 Å². The summed E-state index contributed by atoms with van der Waals surface area (Å²) < 4.78 is 16.4. The van der Waals surface area contributed by atoms with E-state index in [1.54, 1.807) is 41.3 Å². The fourth-order valence-electron chi connectivity index (χ4n) is 3.24. The van der Waals surface area contributed by atoms with Gasteiger partial charge < -0.3 is 18.9 Å². The Morgan fingerprint density at radius 2 is 1.84 bits per heavy atom. The largest absolute Gasteiger partial charge is 0.439 e. The first-order valence-corrected chi connectivity index (χ1v) is 10.4. The van der Waals surface area contributed by atoms with E-state index in [-0.39, 0.29) is 6.09 Å². The van der Waals surface area contributed by atoms with Gasteiger partial charge in [0.15, 0.2) is 0 Å². The van der Waals surface area contributed by atoms with Crippen LogP contribution in [0.4, 0.5) is 4.79 Å². The third kappa shape index (κ3) is 5.96. The van der Waals surface area contributed by atoms with Gasteiger partial charge in [-0.3, -0.25) is 4.90 Å². The number of carbonyl (C=O) groups excluding carboxylic acids is 1. The average Bonchev–Trinajstić information content (AvgIpc) is 3.21. The first kappa shape index (κ1) is 21.1. The number of amides is 1. The molecule has 1 aliphatic rings. The molecule has 0 saturated carbocycles. The van der Waals surface area contributed by atoms with Crippen molar-refractivity contribution in [1.29, 1.82) is 0 Å². The number of piperazine rings is 1. The minimum absolute atomic E-state index is 0.349. The Morgan fingerprint density at radius 1 is 1.10 bits per heavy atom. The van der Waals surface area contributed by atoms with Crippen LogP contribution in [0, 0.1) is 6.92 Å². The van der Waals surface area contributed by atoms with Gasteiger partial charge in [-0.15, -0.1) is 0 Å². The van der Waals surface area contributed by atoms with Crippen LogP contribution in [0.3, 0.4) is 0 Å². The molecule has 4 rings (SSSR count). The molecule has 9 heteroatoms. The SMILES string of the molecule is Cc1cc(CCN2CCN(C(=O)Oc3ccc(Oc4ccc(Cl)cn4)cc3)CC2)on1. The van der Waals surface area contributed by atoms with Gasteiger partial charge in [0.25, 0.3) is 0 Å². The Bertz CT molecular complexity index is 999. The highest BCUT2D eigenvalue weighted by molar-refractivity contribution is 6.30. The van der Waals surface area contributed by atoms with Crippen LogP contribution in [0.5, 0.6) is 17.4 Å². The second-order valence-corrected chi connectivity index (χ2v) is 7.71. The average molecular weight is 443 g/mol. The molecular weight excluding hydrogens is 420 g/mol. The molecule has 0 aliphatic carbocycles. The van der Waals surface area contributed by atoms with Gasteiger partial charge in [0, 0.05) is 57.5 Å². The summed E-state index contributed by atoms with van der Waals surface area (Å²) in [6.07, 6.45) is 1.98. The summed E-state index contributed by atoms with van der Waals surface area (Å²) in [7, 11) is 0. The summed E-state index contributed by atoms with van der Waals surface area (Å²) in [4.78, 5) is 20.6. The van der Waals surface area contributed by atoms with E-state index < -0.39 is 0 Å². The lowest BCUT2D eigenvalue weighted by Gasteiger charge is -2.33. The summed E-state index contributed by atoms with van der Waals surface area (Å²) in [6, 6.07) is 12.2. The summed E-state index contributed by atoms with van der Waals surface area (Å²) in [5.41, 5.74) is 0.892. The minimum Gasteiger partial charge on any atom is -0.439 e. The van der Waals surface area contributed by atoms with Crippen molar-refractivity contribution in [3.05, 3.63) is 65.1 Å². The summed E-state index contributed by atoms with van der Waals surface area (Å²) in [5.74, 6) is 2.37. The monoisotopic (exact) mass is 442 g/mol. The predicted octanol–water partition coefficient (Wildman–Crippen LogP) is 4.18. The Morgan fingerprint density at radius 3 is 2.48 bits per heavy atom. The van der Waals surface area contributed by atoms with Crippen LogP contribution in [0.1, 0.15) is 11.5 Å². The number of rotatable bonds is 6. The molecule has 0 atom stereocenters. The molecular formula is C22H23ClN4O4. The number of carbonyl (C=O) groups is 1. The molecule has 1 amide bonds. The lowest BCUT2D eigenvalue weighted by Crippen LogP contribution is -2.49. The Balaban J connectivity index is 1.22. The van der Waals surface area contributed by atoms with Gasteiger partial charge >= 0.3 is 6.09 Å². The van der Waals surface area contributed by atoms with Gasteiger partial charge in [0.05, 0.1) is 10.7 Å². The molecule has 1 aliphatic heterocycles. The lowest BCUT2D eigenvalue weighted by molar-refractivity contribution is 0.110. The van der Waals surface area contributed by atoms with Gasteiger partial charge in [-0.1, -0.05) is 16.8 Å². The third-order valence-electron chi connectivity index (χ3n) is 4.93. The van der Waals surface area contributed by atoms with Crippen LogP contribution >= 0.6 is 11.6 Å². The van der Waals surface area contributed by atoms with Crippen molar-refractivity contribution in [3.8, 4) is 17.4 Å². The van der Waals surface area contributed by atoms with Gasteiger partial charge in [-0.25, -0.2) is 9.78 Å². The molecule has 1 fully saturated rings. The third-order valence-corrected chi connectivity index (χ3v) is 5.16. The highest BCUT2D eigenvalue weighted by atomic mass is 35.5. The second-order valence-electron chi connectivity index (χ2n) is 7.27. The molecule has 0 spiro atoms. The zero-order valence-electron chi connectivity index (χ0n) is 17.2. The molecule has 0 bridgehead atoms. The Hall–Kier alpha value is -3.10. The van der Waals surface area contributed by atoms with E-state index in [4.69, 9.17) is 25.6 Å². The molecule has 8 nitrogen and oxygen atoms in total. The number of aryl methyl sites for hydroxylation is 1. The van der Waals surface area contributed by atoms with Crippen molar-refractivity contribution in [3.63, 3.8) is 0 Å². The van der Waals surface area contributed by atoms with Crippen LogP contribution in [0.25, 0.3) is 0 Å². The number of ether oxygens (including phenoxy) is 2. The molecule has 31 heavy (non-hydrogen) atoms. The van der Waals surface area contributed by atoms with Crippen molar-refractivity contribution in [2.75, 3.05) is 32.7 Å². The quantitative estimate of drug-likeness (QED) is 0.566. The number of halogens is 1. The van der Waals surface area contributed by atoms with Crippen LogP contribution in [0.15, 0.2) is 53.2 Å². The standard InChI is InChI=1S/C22H23ClN4O4/c1-16-14-20(31-25-16)8-9-26-10-12-27(13-11-26)22(28)30-19-5-3-18(4-6-19)29-21-7-2-17(23)15-24-21/h2-7,14-15H,8-13H2,1H3. The summed E-state index contributed by atoms with van der Waals surface area (Å²) in [6.45, 7) is 5.62. The molecule has 3 aromatic rings. The van der Waals surface area contributed by atoms with E-state index in [1.807, 2.05) is 13.0 Å². The smallest absolute Gasteiger partial charge is 0.415 e. The maximum absolute atomic E-state index is 12.5. The van der Waals surface area contributed by atoms with Gasteiger partial charge in [-0.05, 0) is 37.3 Å². The maximum atomic E-state index is 12.5. The van der Waals surface area contributed by atoms with Gasteiger partial charge in [0.2, 0.25) is 5.88 Å². The molecule has 0 N–H and O–H groups in total. The Kier molecular flexibility index (Phi) is 6.69. The van der Waals surface area contributed by atoms with Gasteiger partial charge in [0.1, 0.15) is 17.3 Å². The zero-order valence-corrected chi connectivity index (χ0v) is 17.9. The number of aromatic nitrogens is 2. The Labute approximate surface area is 185 Å². The molecule has 1 aromatic carbocycles. The van der Waals surface area contributed by atoms with Gasteiger partial charge in [-0.2, -0.15) is 0 Å². The zero-order chi connectivity index (χ0) is 21.6. The van der Waals surface area contributed by atoms with Crippen molar-refractivity contribution < 1.29 is 18.8 Å². The number of hydrogen-bond acceptors (Lipinski definition) is 7. The lowest BCUT2D eigenvalue weighted by atomic mass is 10.2. The second kappa shape index (κ2) is 9.80. The fraction of sp³-hybridized carbons (Fsp3) is 0.318. The van der Waals surface area contributed by atoms with E-state index in [2.05, 4.69) is 15.0 Å². The number of pyridine rings is 1. The number of nitrogens with zero attached hydrogens (tertiary/aromatic N) is 4. The summed E-state index contributed by atoms with van der Waals surface area (Å²) in [5, 5.41) is 4.45. The van der Waals surface area contributed by atoms with E-state index in [1.165, 1.54) is 6.20 Å². The van der Waals surface area contributed by atoms with Crippen LogP contribution in [0.2, 0.25) is 5.02 Å². The van der Waals surface area contributed by atoms with Crippen molar-refractivity contribution in [1.82, 2.24) is 19.9 Å². The minimum atomic E-state index is -0.349. The first-order chi connectivity index (χ1) is 15.0. The molecule has 2 aromatic heterocycles. The van der Waals surface area contributed by atoms with Crippen LogP contribution in [-0.4, -0.2) is 58.8 Å². The number of benzene rings is 1. The first-order valence-electron chi connectivity index (χ1n) is 10.1. The predicted molar refractivity (Wildman–Crippen MR) is 115 cm³/mol. The highest BCUT2D eigenvalue weighted by Crippen LogP contribution is 2.23. The van der Waals surface area contributed by atoms with E-state index in [9.17, 15) is 4.79 Å². The van der Waals surface area contributed by atoms with E-state index >= 15 is 0 Å². The molecule has 0 radical (unpaired) electrons.